The van der Waals surface area contributed by atoms with Gasteiger partial charge in [0.25, 0.3) is 5.91 Å². The van der Waals surface area contributed by atoms with Crippen molar-refractivity contribution in [1.82, 2.24) is 24.3 Å². The van der Waals surface area contributed by atoms with Crippen LogP contribution in [0.4, 0.5) is 13.2 Å². The summed E-state index contributed by atoms with van der Waals surface area (Å²) in [5.41, 5.74) is 1.18. The summed E-state index contributed by atoms with van der Waals surface area (Å²) in [4.78, 5) is 15.0. The standard InChI is InChI=1S/C30H36F3N5O5S/c1-43-24-7-5-6-21(15-24)29(40)34-16-22-14-20(8-9-26(22)30(31,32)33)28-25-19-37(44(2,41)42)13-10-27(25)38(35-28)18-23(39)17-36-11-3-4-12-36/h5-9,14-15,23,39H,3-4,10-13,16-19H2,1-2H3,(H,34,40). The number of aliphatic hydroxyl groups excluding tert-OH is 1. The largest absolute Gasteiger partial charge is 0.497 e. The molecule has 1 saturated heterocycles. The number of aliphatic hydroxyl groups is 1. The van der Waals surface area contributed by atoms with E-state index in [4.69, 9.17) is 9.84 Å². The zero-order chi connectivity index (χ0) is 31.6. The highest BCUT2D eigenvalue weighted by Gasteiger charge is 2.35. The predicted molar refractivity (Wildman–Crippen MR) is 157 cm³/mol. The van der Waals surface area contributed by atoms with Crippen LogP contribution in [0.3, 0.4) is 0 Å². The number of likely N-dealkylation sites (tertiary alicyclic amines) is 1. The number of amides is 1. The van der Waals surface area contributed by atoms with Gasteiger partial charge in [-0.25, -0.2) is 8.42 Å². The van der Waals surface area contributed by atoms with Gasteiger partial charge in [-0.2, -0.15) is 22.6 Å². The monoisotopic (exact) mass is 635 g/mol. The Morgan fingerprint density at radius 3 is 2.55 bits per heavy atom. The molecular weight excluding hydrogens is 599 g/mol. The van der Waals surface area contributed by atoms with E-state index >= 15 is 0 Å². The van der Waals surface area contributed by atoms with Crippen LogP contribution in [-0.4, -0.2) is 84.1 Å². The summed E-state index contributed by atoms with van der Waals surface area (Å²) in [6.07, 6.45) is -1.80. The number of carbonyl (C=O) groups is 1. The van der Waals surface area contributed by atoms with Crippen molar-refractivity contribution in [2.75, 3.05) is 39.5 Å². The zero-order valence-electron chi connectivity index (χ0n) is 24.6. The topological polar surface area (TPSA) is 117 Å². The van der Waals surface area contributed by atoms with Crippen LogP contribution in [0.2, 0.25) is 0 Å². The van der Waals surface area contributed by atoms with Crippen LogP contribution in [0.25, 0.3) is 11.3 Å². The molecule has 2 N–H and O–H groups in total. The first-order valence-electron chi connectivity index (χ1n) is 14.4. The van der Waals surface area contributed by atoms with Gasteiger partial charge in [0.05, 0.1) is 37.3 Å². The van der Waals surface area contributed by atoms with Crippen LogP contribution in [0.1, 0.15) is 45.6 Å². The van der Waals surface area contributed by atoms with Crippen LogP contribution in [0, 0.1) is 0 Å². The molecule has 3 heterocycles. The summed E-state index contributed by atoms with van der Waals surface area (Å²) < 4.78 is 75.1. The third-order valence-corrected chi connectivity index (χ3v) is 9.32. The van der Waals surface area contributed by atoms with Gasteiger partial charge in [0, 0.05) is 55.0 Å². The molecule has 10 nitrogen and oxygen atoms in total. The van der Waals surface area contributed by atoms with E-state index in [0.717, 1.165) is 43.9 Å². The highest BCUT2D eigenvalue weighted by Crippen LogP contribution is 2.37. The summed E-state index contributed by atoms with van der Waals surface area (Å²) in [7, 11) is -2.10. The highest BCUT2D eigenvalue weighted by atomic mass is 32.2. The summed E-state index contributed by atoms with van der Waals surface area (Å²) >= 11 is 0. The second-order valence-electron chi connectivity index (χ2n) is 11.2. The molecule has 1 aromatic heterocycles. The molecule has 2 aromatic carbocycles. The van der Waals surface area contributed by atoms with E-state index in [1.165, 1.54) is 35.7 Å². The van der Waals surface area contributed by atoms with Crippen molar-refractivity contribution < 1.29 is 36.2 Å². The second-order valence-corrected chi connectivity index (χ2v) is 13.2. The smallest absolute Gasteiger partial charge is 0.416 e. The lowest BCUT2D eigenvalue weighted by molar-refractivity contribution is -0.138. The van der Waals surface area contributed by atoms with Crippen molar-refractivity contribution in [2.45, 2.75) is 51.2 Å². The molecule has 2 aliphatic rings. The molecule has 1 fully saturated rings. The maximum Gasteiger partial charge on any atom is 0.416 e. The number of β-amino-alcohol motifs (C(OH)–C–C–N with tert-alkyl or cyclic N) is 1. The lowest BCUT2D eigenvalue weighted by atomic mass is 9.97. The minimum Gasteiger partial charge on any atom is -0.497 e. The first-order chi connectivity index (χ1) is 20.8. The van der Waals surface area contributed by atoms with E-state index in [2.05, 4.69) is 10.2 Å². The van der Waals surface area contributed by atoms with Gasteiger partial charge >= 0.3 is 6.18 Å². The number of ether oxygens (including phenoxy) is 1. The Bertz CT molecular complexity index is 1620. The maximum absolute atomic E-state index is 14.0. The van der Waals surface area contributed by atoms with E-state index in [0.29, 0.717) is 35.5 Å². The second kappa shape index (κ2) is 12.9. The Kier molecular flexibility index (Phi) is 9.35. The molecule has 0 spiro atoms. The summed E-state index contributed by atoms with van der Waals surface area (Å²) in [6.45, 7) is 2.28. The van der Waals surface area contributed by atoms with E-state index < -0.39 is 40.3 Å². The van der Waals surface area contributed by atoms with E-state index in [9.17, 15) is 31.5 Å². The number of halogens is 3. The van der Waals surface area contributed by atoms with Gasteiger partial charge in [-0.05, 0) is 61.8 Å². The number of aromatic nitrogens is 2. The molecule has 3 aromatic rings. The van der Waals surface area contributed by atoms with Crippen LogP contribution in [-0.2, 0) is 42.3 Å². The van der Waals surface area contributed by atoms with Crippen molar-refractivity contribution in [2.24, 2.45) is 0 Å². The quantitative estimate of drug-likeness (QED) is 0.351. The Morgan fingerprint density at radius 2 is 1.86 bits per heavy atom. The van der Waals surface area contributed by atoms with E-state index in [1.54, 1.807) is 16.8 Å². The predicted octanol–water partition coefficient (Wildman–Crippen LogP) is 3.28. The fraction of sp³-hybridized carbons (Fsp3) is 0.467. The molecular formula is C30H36F3N5O5S. The fourth-order valence-electron chi connectivity index (χ4n) is 5.86. The number of methoxy groups -OCH3 is 1. The van der Waals surface area contributed by atoms with Gasteiger partial charge in [0.15, 0.2) is 0 Å². The Morgan fingerprint density at radius 1 is 1.11 bits per heavy atom. The molecule has 44 heavy (non-hydrogen) atoms. The van der Waals surface area contributed by atoms with Crippen molar-refractivity contribution in [3.8, 4) is 17.0 Å². The van der Waals surface area contributed by atoms with Crippen LogP contribution in [0.15, 0.2) is 42.5 Å². The third kappa shape index (κ3) is 7.25. The van der Waals surface area contributed by atoms with E-state index in [1.807, 2.05) is 0 Å². The molecule has 2 aliphatic heterocycles. The molecule has 1 amide bonds. The van der Waals surface area contributed by atoms with Crippen molar-refractivity contribution in [1.29, 1.82) is 0 Å². The fourth-order valence-corrected chi connectivity index (χ4v) is 6.64. The first kappa shape index (κ1) is 31.9. The van der Waals surface area contributed by atoms with Crippen molar-refractivity contribution in [3.63, 3.8) is 0 Å². The lowest BCUT2D eigenvalue weighted by Crippen LogP contribution is -2.37. The Balaban J connectivity index is 1.48. The van der Waals surface area contributed by atoms with Crippen molar-refractivity contribution in [3.05, 3.63) is 70.4 Å². The zero-order valence-corrected chi connectivity index (χ0v) is 25.4. The number of sulfonamides is 1. The molecule has 238 valence electrons. The SMILES string of the molecule is COc1cccc(C(=O)NCc2cc(-c3nn(CC(O)CN4CCCC4)c4c3CN(S(C)(=O)=O)CC4)ccc2C(F)(F)F)c1. The maximum atomic E-state index is 14.0. The number of nitrogens with zero attached hydrogens (tertiary/aromatic N) is 4. The van der Waals surface area contributed by atoms with Crippen LogP contribution < -0.4 is 10.1 Å². The van der Waals surface area contributed by atoms with Gasteiger partial charge in [0.1, 0.15) is 5.75 Å². The van der Waals surface area contributed by atoms with Crippen LogP contribution in [0.5, 0.6) is 5.75 Å². The number of rotatable bonds is 10. The summed E-state index contributed by atoms with van der Waals surface area (Å²) in [5, 5.41) is 18.2. The van der Waals surface area contributed by atoms with Gasteiger partial charge < -0.3 is 20.1 Å². The molecule has 1 unspecified atom stereocenters. The Hall–Kier alpha value is -3.46. The number of benzene rings is 2. The summed E-state index contributed by atoms with van der Waals surface area (Å²) in [6, 6.07) is 9.87. The number of hydrogen-bond acceptors (Lipinski definition) is 7. The number of carbonyl (C=O) groups excluding carboxylic acids is 1. The molecule has 0 radical (unpaired) electrons. The van der Waals surface area contributed by atoms with Gasteiger partial charge in [-0.3, -0.25) is 9.48 Å². The molecule has 0 bridgehead atoms. The molecule has 0 aliphatic carbocycles. The number of alkyl halides is 3. The summed E-state index contributed by atoms with van der Waals surface area (Å²) in [5.74, 6) is -0.135. The van der Waals surface area contributed by atoms with E-state index in [-0.39, 0.29) is 30.8 Å². The van der Waals surface area contributed by atoms with Gasteiger partial charge in [-0.15, -0.1) is 0 Å². The van der Waals surface area contributed by atoms with Gasteiger partial charge in [-0.1, -0.05) is 12.1 Å². The Labute approximate surface area is 254 Å². The average molecular weight is 636 g/mol. The number of fused-ring (bicyclic) bond motifs is 1. The highest BCUT2D eigenvalue weighted by molar-refractivity contribution is 7.88. The third-order valence-electron chi connectivity index (χ3n) is 8.07. The average Bonchev–Trinajstić information content (AvgIpc) is 3.62. The number of nitrogens with one attached hydrogen (secondary N) is 1. The first-order valence-corrected chi connectivity index (χ1v) is 16.2. The van der Waals surface area contributed by atoms with Gasteiger partial charge in [0.2, 0.25) is 10.0 Å². The van der Waals surface area contributed by atoms with Crippen LogP contribution >= 0.6 is 0 Å². The number of hydrogen-bond donors (Lipinski definition) is 2. The molecule has 5 rings (SSSR count). The van der Waals surface area contributed by atoms with Crippen molar-refractivity contribution >= 4 is 15.9 Å². The minimum atomic E-state index is -4.68. The molecule has 1 atom stereocenters. The minimum absolute atomic E-state index is 0.00858. The molecule has 0 saturated carbocycles. The molecule has 14 heteroatoms. The lowest BCUT2D eigenvalue weighted by Gasteiger charge is -2.26. The normalized spacial score (nSPS) is 17.0.